The largest absolute Gasteiger partial charge is 0.299 e. The molecule has 1 atom stereocenters. The molecule has 0 saturated carbocycles. The second kappa shape index (κ2) is 6.47. The Balaban J connectivity index is 2.68. The highest BCUT2D eigenvalue weighted by Gasteiger charge is 2.20. The summed E-state index contributed by atoms with van der Waals surface area (Å²) in [6.45, 7) is 6.14. The summed E-state index contributed by atoms with van der Waals surface area (Å²) in [6, 6.07) is 10.3. The zero-order valence-corrected chi connectivity index (χ0v) is 10.6. The minimum atomic E-state index is 0.153. The molecule has 1 rings (SSSR count). The van der Waals surface area contributed by atoms with Crippen LogP contribution in [0.4, 0.5) is 0 Å². The number of Topliss-reactive ketones (excluding diaryl/α,β-unsaturated/α-hetero) is 1. The highest BCUT2D eigenvalue weighted by molar-refractivity contribution is 5.83. The fourth-order valence-electron chi connectivity index (χ4n) is 2.06. The molecule has 1 unspecified atom stereocenters. The molecule has 0 aromatic heterocycles. The third-order valence-electron chi connectivity index (χ3n) is 2.93. The van der Waals surface area contributed by atoms with Crippen molar-refractivity contribution in [2.45, 2.75) is 40.0 Å². The van der Waals surface area contributed by atoms with E-state index in [1.54, 1.807) is 0 Å². The maximum Gasteiger partial charge on any atom is 0.138 e. The smallest absolute Gasteiger partial charge is 0.138 e. The van der Waals surface area contributed by atoms with E-state index in [2.05, 4.69) is 19.1 Å². The number of ketones is 1. The standard InChI is InChI=1S/C15H22O/c1-4-8-14(15(16)12(2)3)11-13-9-6-5-7-10-13/h5-7,9-10,12,14H,4,8,11H2,1-3H3. The van der Waals surface area contributed by atoms with Gasteiger partial charge in [0, 0.05) is 11.8 Å². The summed E-state index contributed by atoms with van der Waals surface area (Å²) in [5, 5.41) is 0. The highest BCUT2D eigenvalue weighted by Crippen LogP contribution is 2.18. The van der Waals surface area contributed by atoms with Crippen molar-refractivity contribution in [2.75, 3.05) is 0 Å². The number of carbonyl (C=O) groups is 1. The summed E-state index contributed by atoms with van der Waals surface area (Å²) in [5.74, 6) is 0.762. The van der Waals surface area contributed by atoms with Crippen molar-refractivity contribution >= 4 is 5.78 Å². The zero-order valence-electron chi connectivity index (χ0n) is 10.6. The van der Waals surface area contributed by atoms with Crippen LogP contribution in [0.3, 0.4) is 0 Å². The molecular formula is C15H22O. The molecule has 0 N–H and O–H groups in total. The summed E-state index contributed by atoms with van der Waals surface area (Å²) in [7, 11) is 0. The Morgan fingerprint density at radius 2 is 1.81 bits per heavy atom. The van der Waals surface area contributed by atoms with Gasteiger partial charge in [0.05, 0.1) is 0 Å². The van der Waals surface area contributed by atoms with Crippen LogP contribution in [0.5, 0.6) is 0 Å². The lowest BCUT2D eigenvalue weighted by molar-refractivity contribution is -0.126. The van der Waals surface area contributed by atoms with Gasteiger partial charge in [0.15, 0.2) is 0 Å². The minimum absolute atomic E-state index is 0.153. The molecule has 0 fully saturated rings. The van der Waals surface area contributed by atoms with E-state index in [1.165, 1.54) is 5.56 Å². The van der Waals surface area contributed by atoms with Crippen molar-refractivity contribution < 1.29 is 4.79 Å². The summed E-state index contributed by atoms with van der Waals surface area (Å²) in [4.78, 5) is 12.0. The molecule has 0 amide bonds. The molecule has 0 heterocycles. The van der Waals surface area contributed by atoms with E-state index in [4.69, 9.17) is 0 Å². The van der Waals surface area contributed by atoms with Crippen LogP contribution in [-0.2, 0) is 11.2 Å². The number of rotatable bonds is 6. The summed E-state index contributed by atoms with van der Waals surface area (Å²) >= 11 is 0. The van der Waals surface area contributed by atoms with Crippen molar-refractivity contribution in [3.05, 3.63) is 35.9 Å². The Morgan fingerprint density at radius 1 is 1.19 bits per heavy atom. The maximum absolute atomic E-state index is 12.0. The van der Waals surface area contributed by atoms with Crippen LogP contribution in [-0.4, -0.2) is 5.78 Å². The lowest BCUT2D eigenvalue weighted by atomic mass is 9.86. The first kappa shape index (κ1) is 13.0. The van der Waals surface area contributed by atoms with Gasteiger partial charge in [0.25, 0.3) is 0 Å². The molecule has 1 nitrogen and oxygen atoms in total. The van der Waals surface area contributed by atoms with Crippen molar-refractivity contribution in [3.63, 3.8) is 0 Å². The van der Waals surface area contributed by atoms with Gasteiger partial charge in [-0.25, -0.2) is 0 Å². The Kier molecular flexibility index (Phi) is 5.24. The van der Waals surface area contributed by atoms with Gasteiger partial charge >= 0.3 is 0 Å². The van der Waals surface area contributed by atoms with Crippen molar-refractivity contribution in [1.82, 2.24) is 0 Å². The first-order chi connectivity index (χ1) is 7.65. The van der Waals surface area contributed by atoms with Crippen LogP contribution in [0, 0.1) is 11.8 Å². The van der Waals surface area contributed by atoms with Gasteiger partial charge in [0.1, 0.15) is 5.78 Å². The quantitative estimate of drug-likeness (QED) is 0.708. The molecule has 0 aliphatic heterocycles. The molecule has 0 spiro atoms. The lowest BCUT2D eigenvalue weighted by Gasteiger charge is -2.17. The van der Waals surface area contributed by atoms with Gasteiger partial charge in [-0.2, -0.15) is 0 Å². The Morgan fingerprint density at radius 3 is 2.31 bits per heavy atom. The topological polar surface area (TPSA) is 17.1 Å². The fraction of sp³-hybridized carbons (Fsp3) is 0.533. The molecule has 0 aliphatic carbocycles. The van der Waals surface area contributed by atoms with Gasteiger partial charge in [0.2, 0.25) is 0 Å². The van der Waals surface area contributed by atoms with Crippen LogP contribution in [0.1, 0.15) is 39.2 Å². The number of carbonyl (C=O) groups excluding carboxylic acids is 1. The molecule has 0 saturated heterocycles. The van der Waals surface area contributed by atoms with Gasteiger partial charge in [-0.15, -0.1) is 0 Å². The van der Waals surface area contributed by atoms with Gasteiger partial charge in [-0.3, -0.25) is 4.79 Å². The second-order valence-electron chi connectivity index (χ2n) is 4.73. The number of benzene rings is 1. The second-order valence-corrected chi connectivity index (χ2v) is 4.73. The van der Waals surface area contributed by atoms with Gasteiger partial charge in [-0.05, 0) is 18.4 Å². The van der Waals surface area contributed by atoms with Crippen LogP contribution in [0.2, 0.25) is 0 Å². The summed E-state index contributed by atoms with van der Waals surface area (Å²) in [5.41, 5.74) is 1.27. The Bertz CT molecular complexity index is 313. The van der Waals surface area contributed by atoms with E-state index < -0.39 is 0 Å². The van der Waals surface area contributed by atoms with Crippen molar-refractivity contribution in [3.8, 4) is 0 Å². The predicted molar refractivity (Wildman–Crippen MR) is 68.4 cm³/mol. The van der Waals surface area contributed by atoms with Crippen LogP contribution in [0.25, 0.3) is 0 Å². The first-order valence-corrected chi connectivity index (χ1v) is 6.22. The van der Waals surface area contributed by atoms with E-state index in [-0.39, 0.29) is 11.8 Å². The maximum atomic E-state index is 12.0. The highest BCUT2D eigenvalue weighted by atomic mass is 16.1. The molecule has 0 bridgehead atoms. The molecule has 1 aromatic carbocycles. The van der Waals surface area contributed by atoms with Crippen LogP contribution >= 0.6 is 0 Å². The van der Waals surface area contributed by atoms with Crippen LogP contribution < -0.4 is 0 Å². The number of hydrogen-bond donors (Lipinski definition) is 0. The van der Waals surface area contributed by atoms with E-state index in [0.29, 0.717) is 5.78 Å². The third-order valence-corrected chi connectivity index (χ3v) is 2.93. The zero-order chi connectivity index (χ0) is 12.0. The molecule has 0 radical (unpaired) electrons. The molecule has 1 heteroatoms. The summed E-state index contributed by atoms with van der Waals surface area (Å²) < 4.78 is 0. The molecule has 88 valence electrons. The first-order valence-electron chi connectivity index (χ1n) is 6.22. The monoisotopic (exact) mass is 218 g/mol. The predicted octanol–water partition coefficient (Wildman–Crippen LogP) is 3.87. The average Bonchev–Trinajstić information content (AvgIpc) is 2.29. The van der Waals surface area contributed by atoms with Gasteiger partial charge in [-0.1, -0.05) is 57.5 Å². The molecular weight excluding hydrogens is 196 g/mol. The van der Waals surface area contributed by atoms with Crippen molar-refractivity contribution in [2.24, 2.45) is 11.8 Å². The molecule has 1 aromatic rings. The summed E-state index contributed by atoms with van der Waals surface area (Å²) in [6.07, 6.45) is 2.98. The SMILES string of the molecule is CCCC(Cc1ccccc1)C(=O)C(C)C. The third kappa shape index (κ3) is 3.80. The van der Waals surface area contributed by atoms with Crippen LogP contribution in [0.15, 0.2) is 30.3 Å². The normalized spacial score (nSPS) is 12.8. The Labute approximate surface area is 98.9 Å². The van der Waals surface area contributed by atoms with E-state index in [1.807, 2.05) is 32.0 Å². The molecule has 0 aliphatic rings. The van der Waals surface area contributed by atoms with E-state index in [9.17, 15) is 4.79 Å². The Hall–Kier alpha value is -1.11. The van der Waals surface area contributed by atoms with Gasteiger partial charge < -0.3 is 0 Å². The number of hydrogen-bond acceptors (Lipinski definition) is 1. The minimum Gasteiger partial charge on any atom is -0.299 e. The van der Waals surface area contributed by atoms with E-state index in [0.717, 1.165) is 19.3 Å². The average molecular weight is 218 g/mol. The van der Waals surface area contributed by atoms with E-state index >= 15 is 0 Å². The fourth-order valence-corrected chi connectivity index (χ4v) is 2.06. The molecule has 16 heavy (non-hydrogen) atoms. The van der Waals surface area contributed by atoms with Crippen molar-refractivity contribution in [1.29, 1.82) is 0 Å². The lowest BCUT2D eigenvalue weighted by Crippen LogP contribution is -2.21.